The van der Waals surface area contributed by atoms with Crippen LogP contribution in [0.4, 0.5) is 0 Å². The molecule has 2 heterocycles. The molecule has 0 aliphatic carbocycles. The second-order valence-electron chi connectivity index (χ2n) is 2.78. The second-order valence-corrected chi connectivity index (χ2v) is 4.97. The summed E-state index contributed by atoms with van der Waals surface area (Å²) in [6.45, 7) is 2.05. The Balaban J connectivity index is 2.09. The summed E-state index contributed by atoms with van der Waals surface area (Å²) in [6, 6.07) is 0. The van der Waals surface area contributed by atoms with Gasteiger partial charge in [-0.2, -0.15) is 0 Å². The van der Waals surface area contributed by atoms with E-state index in [1.807, 2.05) is 0 Å². The zero-order chi connectivity index (χ0) is 12.3. The lowest BCUT2D eigenvalue weighted by molar-refractivity contribution is 0.0525. The van der Waals surface area contributed by atoms with Gasteiger partial charge in [0.25, 0.3) is 0 Å². The van der Waals surface area contributed by atoms with E-state index in [9.17, 15) is 4.79 Å². The maximum Gasteiger partial charge on any atom is 0.369 e. The Labute approximate surface area is 104 Å². The predicted molar refractivity (Wildman–Crippen MR) is 58.8 cm³/mol. The van der Waals surface area contributed by atoms with E-state index in [1.165, 1.54) is 16.4 Å². The van der Waals surface area contributed by atoms with E-state index in [-0.39, 0.29) is 5.01 Å². The SMILES string of the molecule is CCOC(=O)c1nnc(Sc2nnnn2C)s1. The molecule has 0 N–H and O–H groups in total. The van der Waals surface area contributed by atoms with Gasteiger partial charge in [0.2, 0.25) is 10.2 Å². The highest BCUT2D eigenvalue weighted by Gasteiger charge is 2.16. The van der Waals surface area contributed by atoms with Crippen LogP contribution < -0.4 is 0 Å². The summed E-state index contributed by atoms with van der Waals surface area (Å²) < 4.78 is 6.91. The molecule has 2 aromatic rings. The quantitative estimate of drug-likeness (QED) is 0.737. The molecule has 8 nitrogen and oxygen atoms in total. The maximum atomic E-state index is 11.4. The fourth-order valence-electron chi connectivity index (χ4n) is 0.912. The minimum atomic E-state index is -0.465. The number of nitrogens with zero attached hydrogens (tertiary/aromatic N) is 6. The first-order chi connectivity index (χ1) is 8.20. The molecule has 0 fully saturated rings. The Morgan fingerprint density at radius 2 is 2.29 bits per heavy atom. The molecule has 0 spiro atoms. The maximum absolute atomic E-state index is 11.4. The first-order valence-electron chi connectivity index (χ1n) is 4.61. The van der Waals surface area contributed by atoms with Crippen molar-refractivity contribution in [1.29, 1.82) is 0 Å². The Hall–Kier alpha value is -1.55. The predicted octanol–water partition coefficient (Wildman–Crippen LogP) is 0.389. The van der Waals surface area contributed by atoms with Gasteiger partial charge in [-0.25, -0.2) is 9.48 Å². The van der Waals surface area contributed by atoms with Crippen molar-refractivity contribution in [2.24, 2.45) is 7.05 Å². The van der Waals surface area contributed by atoms with E-state index in [0.29, 0.717) is 16.1 Å². The topological polar surface area (TPSA) is 95.7 Å². The van der Waals surface area contributed by atoms with Gasteiger partial charge in [0, 0.05) is 7.05 Å². The lowest BCUT2D eigenvalue weighted by Crippen LogP contribution is -2.03. The van der Waals surface area contributed by atoms with Crippen LogP contribution >= 0.6 is 23.1 Å². The number of aromatic nitrogens is 6. The minimum Gasteiger partial charge on any atom is -0.461 e. The van der Waals surface area contributed by atoms with Crippen LogP contribution in [0, 0.1) is 0 Å². The highest BCUT2D eigenvalue weighted by Crippen LogP contribution is 2.27. The third kappa shape index (κ3) is 2.77. The van der Waals surface area contributed by atoms with Crippen LogP contribution in [0.5, 0.6) is 0 Å². The van der Waals surface area contributed by atoms with E-state index in [0.717, 1.165) is 11.3 Å². The van der Waals surface area contributed by atoms with Gasteiger partial charge in [-0.3, -0.25) is 0 Å². The number of carbonyl (C=O) groups excluding carboxylic acids is 1. The summed E-state index contributed by atoms with van der Waals surface area (Å²) in [7, 11) is 1.72. The summed E-state index contributed by atoms with van der Waals surface area (Å²) in [5.41, 5.74) is 0. The molecule has 0 bridgehead atoms. The fraction of sp³-hybridized carbons (Fsp3) is 0.429. The van der Waals surface area contributed by atoms with Crippen LogP contribution in [0.3, 0.4) is 0 Å². The minimum absolute atomic E-state index is 0.226. The van der Waals surface area contributed by atoms with Gasteiger partial charge >= 0.3 is 5.97 Å². The standard InChI is InChI=1S/C7H8N6O2S2/c1-3-15-5(14)4-8-10-7(16-4)17-6-9-11-12-13(6)2/h3H2,1-2H3. The Kier molecular flexibility index (Phi) is 3.64. The highest BCUT2D eigenvalue weighted by molar-refractivity contribution is 8.00. The molecule has 2 aromatic heterocycles. The molecule has 17 heavy (non-hydrogen) atoms. The molecule has 0 aromatic carbocycles. The van der Waals surface area contributed by atoms with Crippen LogP contribution in [0.15, 0.2) is 9.50 Å². The third-order valence-electron chi connectivity index (χ3n) is 1.62. The van der Waals surface area contributed by atoms with Crippen molar-refractivity contribution >= 4 is 29.1 Å². The summed E-state index contributed by atoms with van der Waals surface area (Å²) in [5, 5.41) is 19.4. The van der Waals surface area contributed by atoms with Crippen molar-refractivity contribution in [1.82, 2.24) is 30.4 Å². The van der Waals surface area contributed by atoms with Crippen molar-refractivity contribution in [3.05, 3.63) is 5.01 Å². The van der Waals surface area contributed by atoms with Crippen LogP contribution in [0.2, 0.25) is 0 Å². The number of rotatable bonds is 4. The smallest absolute Gasteiger partial charge is 0.369 e. The van der Waals surface area contributed by atoms with Gasteiger partial charge < -0.3 is 4.74 Å². The molecule has 0 amide bonds. The van der Waals surface area contributed by atoms with E-state index in [4.69, 9.17) is 4.74 Å². The normalized spacial score (nSPS) is 10.5. The Bertz CT molecular complexity index is 524. The zero-order valence-corrected chi connectivity index (χ0v) is 10.7. The number of aryl methyl sites for hydroxylation is 1. The van der Waals surface area contributed by atoms with Crippen molar-refractivity contribution in [2.45, 2.75) is 16.4 Å². The van der Waals surface area contributed by atoms with Crippen LogP contribution in [0.25, 0.3) is 0 Å². The molecule has 10 heteroatoms. The average Bonchev–Trinajstić information content (AvgIpc) is 2.90. The molecule has 90 valence electrons. The van der Waals surface area contributed by atoms with Crippen molar-refractivity contribution < 1.29 is 9.53 Å². The molecule has 0 saturated heterocycles. The van der Waals surface area contributed by atoms with Crippen LogP contribution in [-0.4, -0.2) is 43.0 Å². The van der Waals surface area contributed by atoms with Crippen molar-refractivity contribution in [3.8, 4) is 0 Å². The van der Waals surface area contributed by atoms with Crippen molar-refractivity contribution in [2.75, 3.05) is 6.61 Å². The number of tetrazole rings is 1. The first kappa shape index (κ1) is 11.9. The number of hydrogen-bond acceptors (Lipinski definition) is 9. The Morgan fingerprint density at radius 3 is 2.94 bits per heavy atom. The molecule has 0 aliphatic heterocycles. The number of ether oxygens (including phenoxy) is 1. The summed E-state index contributed by atoms with van der Waals surface area (Å²) >= 11 is 2.39. The zero-order valence-electron chi connectivity index (χ0n) is 9.02. The lowest BCUT2D eigenvalue weighted by Gasteiger charge is -1.94. The van der Waals surface area contributed by atoms with Gasteiger partial charge in [0.05, 0.1) is 6.61 Å². The first-order valence-corrected chi connectivity index (χ1v) is 6.25. The molecule has 0 radical (unpaired) electrons. The molecular weight excluding hydrogens is 264 g/mol. The molecule has 0 atom stereocenters. The molecule has 0 saturated carbocycles. The third-order valence-corrected chi connectivity index (χ3v) is 3.60. The molecule has 0 aliphatic rings. The monoisotopic (exact) mass is 272 g/mol. The van der Waals surface area contributed by atoms with E-state index in [2.05, 4.69) is 25.7 Å². The van der Waals surface area contributed by atoms with Crippen LogP contribution in [0.1, 0.15) is 16.7 Å². The van der Waals surface area contributed by atoms with Gasteiger partial charge in [0.15, 0.2) is 4.34 Å². The summed E-state index contributed by atoms with van der Waals surface area (Å²) in [6.07, 6.45) is 0. The molecule has 2 rings (SSSR count). The number of carbonyl (C=O) groups is 1. The van der Waals surface area contributed by atoms with E-state index < -0.39 is 5.97 Å². The average molecular weight is 272 g/mol. The Morgan fingerprint density at radius 1 is 1.47 bits per heavy atom. The molecular formula is C7H8N6O2S2. The largest absolute Gasteiger partial charge is 0.461 e. The van der Waals surface area contributed by atoms with Gasteiger partial charge in [-0.05, 0) is 29.1 Å². The lowest BCUT2D eigenvalue weighted by atomic mass is 10.7. The molecule has 0 unspecified atom stereocenters. The van der Waals surface area contributed by atoms with Crippen LogP contribution in [-0.2, 0) is 11.8 Å². The summed E-state index contributed by atoms with van der Waals surface area (Å²) in [5.74, 6) is -0.465. The van der Waals surface area contributed by atoms with Gasteiger partial charge in [0.1, 0.15) is 0 Å². The van der Waals surface area contributed by atoms with E-state index in [1.54, 1.807) is 14.0 Å². The number of hydrogen-bond donors (Lipinski definition) is 0. The van der Waals surface area contributed by atoms with Crippen molar-refractivity contribution in [3.63, 3.8) is 0 Å². The fourth-order valence-corrected chi connectivity index (χ4v) is 2.49. The highest BCUT2D eigenvalue weighted by atomic mass is 32.2. The second kappa shape index (κ2) is 5.19. The van der Waals surface area contributed by atoms with Gasteiger partial charge in [-0.15, -0.1) is 15.3 Å². The van der Waals surface area contributed by atoms with Gasteiger partial charge in [-0.1, -0.05) is 11.3 Å². The number of esters is 1. The van der Waals surface area contributed by atoms with E-state index >= 15 is 0 Å². The summed E-state index contributed by atoms with van der Waals surface area (Å²) in [4.78, 5) is 11.4.